The third-order valence-electron chi connectivity index (χ3n) is 2.61. The van der Waals surface area contributed by atoms with Gasteiger partial charge in [0.05, 0.1) is 12.8 Å². The van der Waals surface area contributed by atoms with Crippen LogP contribution >= 0.6 is 0 Å². The van der Waals surface area contributed by atoms with Gasteiger partial charge in [-0.3, -0.25) is 9.89 Å². The van der Waals surface area contributed by atoms with Crippen LogP contribution in [-0.4, -0.2) is 46.9 Å². The van der Waals surface area contributed by atoms with Gasteiger partial charge in [0.1, 0.15) is 5.69 Å². The molecule has 2 aromatic rings. The minimum Gasteiger partial charge on any atom is -0.479 e. The van der Waals surface area contributed by atoms with Crippen molar-refractivity contribution in [1.82, 2.24) is 15.5 Å². The van der Waals surface area contributed by atoms with Crippen molar-refractivity contribution in [1.29, 1.82) is 0 Å². The molecule has 1 amide bonds. The van der Waals surface area contributed by atoms with Gasteiger partial charge < -0.3 is 19.6 Å². The average molecular weight is 279 g/mol. The zero-order valence-corrected chi connectivity index (χ0v) is 10.6. The summed E-state index contributed by atoms with van der Waals surface area (Å²) < 4.78 is 9.86. The lowest BCUT2D eigenvalue weighted by atomic mass is 10.3. The van der Waals surface area contributed by atoms with Gasteiger partial charge in [-0.05, 0) is 12.1 Å². The van der Waals surface area contributed by atoms with Gasteiger partial charge in [0.25, 0.3) is 5.91 Å². The Hall–Kier alpha value is -2.61. The minimum atomic E-state index is -1.15. The van der Waals surface area contributed by atoms with E-state index in [2.05, 4.69) is 15.5 Å². The highest BCUT2D eigenvalue weighted by Gasteiger charge is 2.19. The van der Waals surface area contributed by atoms with Gasteiger partial charge in [-0.25, -0.2) is 4.79 Å². The molecule has 2 rings (SSSR count). The molecule has 0 saturated carbocycles. The lowest BCUT2D eigenvalue weighted by Crippen LogP contribution is -2.37. The molecule has 8 nitrogen and oxygen atoms in total. The quantitative estimate of drug-likeness (QED) is 0.708. The fourth-order valence-electron chi connectivity index (χ4n) is 1.54. The molecule has 8 heteroatoms. The number of aromatic nitrogens is 2. The Morgan fingerprint density at radius 3 is 3.00 bits per heavy atom. The number of H-pyrrole nitrogens is 1. The maximum Gasteiger partial charge on any atom is 0.334 e. The number of nitrogens with one attached hydrogen (secondary N) is 2. The number of nitrogens with zero attached hydrogens (tertiary/aromatic N) is 1. The molecule has 2 heterocycles. The summed E-state index contributed by atoms with van der Waals surface area (Å²) in [6, 6.07) is 4.95. The number of methoxy groups -OCH3 is 1. The first kappa shape index (κ1) is 13.8. The van der Waals surface area contributed by atoms with Gasteiger partial charge in [0, 0.05) is 13.2 Å². The molecule has 20 heavy (non-hydrogen) atoms. The Balaban J connectivity index is 1.98. The number of carboxylic acid groups (broad SMARTS) is 1. The van der Waals surface area contributed by atoms with Gasteiger partial charge in [-0.15, -0.1) is 0 Å². The van der Waals surface area contributed by atoms with Crippen molar-refractivity contribution >= 4 is 11.9 Å². The van der Waals surface area contributed by atoms with Crippen LogP contribution in [-0.2, 0) is 9.53 Å². The van der Waals surface area contributed by atoms with E-state index >= 15 is 0 Å². The monoisotopic (exact) mass is 279 g/mol. The molecule has 2 aromatic heterocycles. The van der Waals surface area contributed by atoms with Crippen LogP contribution in [0.15, 0.2) is 28.9 Å². The Kier molecular flexibility index (Phi) is 4.16. The molecule has 0 aromatic carbocycles. The van der Waals surface area contributed by atoms with Gasteiger partial charge in [0.2, 0.25) is 0 Å². The highest BCUT2D eigenvalue weighted by atomic mass is 16.5. The highest BCUT2D eigenvalue weighted by Crippen LogP contribution is 2.17. The Labute approximate surface area is 113 Å². The summed E-state index contributed by atoms with van der Waals surface area (Å²) in [5.41, 5.74) is 0.693. The van der Waals surface area contributed by atoms with Crippen molar-refractivity contribution in [2.75, 3.05) is 13.7 Å². The number of aliphatic carboxylic acids is 1. The smallest absolute Gasteiger partial charge is 0.334 e. The SMILES string of the molecule is COC(CNC(=O)c1cc(-c2ccco2)[nH]n1)C(=O)O. The first-order valence-corrected chi connectivity index (χ1v) is 5.75. The molecule has 1 unspecified atom stereocenters. The fourth-order valence-corrected chi connectivity index (χ4v) is 1.54. The van der Waals surface area contributed by atoms with Crippen LogP contribution in [0.4, 0.5) is 0 Å². The van der Waals surface area contributed by atoms with Crippen molar-refractivity contribution in [3.05, 3.63) is 30.2 Å². The Morgan fingerprint density at radius 1 is 1.60 bits per heavy atom. The number of carboxylic acids is 1. The zero-order valence-electron chi connectivity index (χ0n) is 10.6. The van der Waals surface area contributed by atoms with Gasteiger partial charge in [-0.1, -0.05) is 0 Å². The normalized spacial score (nSPS) is 12.1. The molecule has 0 aliphatic rings. The Morgan fingerprint density at radius 2 is 2.40 bits per heavy atom. The number of carbonyl (C=O) groups is 2. The summed E-state index contributed by atoms with van der Waals surface area (Å²) in [5, 5.41) is 17.7. The molecule has 0 aliphatic heterocycles. The number of furan rings is 1. The molecule has 106 valence electrons. The second-order valence-corrected chi connectivity index (χ2v) is 3.92. The summed E-state index contributed by atoms with van der Waals surface area (Å²) in [6.45, 7) is -0.145. The van der Waals surface area contributed by atoms with Crippen molar-refractivity contribution in [3.8, 4) is 11.5 Å². The lowest BCUT2D eigenvalue weighted by molar-refractivity contribution is -0.148. The number of amides is 1. The molecule has 3 N–H and O–H groups in total. The van der Waals surface area contributed by atoms with E-state index in [0.717, 1.165) is 0 Å². The van der Waals surface area contributed by atoms with Crippen molar-refractivity contribution in [3.63, 3.8) is 0 Å². The maximum atomic E-state index is 11.8. The number of carbonyl (C=O) groups excluding carboxylic acids is 1. The molecule has 0 aliphatic carbocycles. The van der Waals surface area contributed by atoms with Crippen molar-refractivity contribution in [2.45, 2.75) is 6.10 Å². The molecule has 1 atom stereocenters. The predicted octanol–water partition coefficient (Wildman–Crippen LogP) is 0.499. The molecule has 0 spiro atoms. The maximum absolute atomic E-state index is 11.8. The van der Waals surface area contributed by atoms with Crippen LogP contribution in [0.2, 0.25) is 0 Å². The van der Waals surface area contributed by atoms with Crippen LogP contribution in [0.25, 0.3) is 11.5 Å². The first-order valence-electron chi connectivity index (χ1n) is 5.75. The first-order chi connectivity index (χ1) is 9.61. The van der Waals surface area contributed by atoms with E-state index in [0.29, 0.717) is 11.5 Å². The largest absolute Gasteiger partial charge is 0.479 e. The number of rotatable bonds is 6. The molecule has 0 saturated heterocycles. The van der Waals surface area contributed by atoms with Gasteiger partial charge in [0.15, 0.2) is 17.6 Å². The summed E-state index contributed by atoms with van der Waals surface area (Å²) in [5.74, 6) is -1.09. The average Bonchev–Trinajstić information content (AvgIpc) is 3.09. The molecule has 0 bridgehead atoms. The van der Waals surface area contributed by atoms with E-state index in [1.807, 2.05) is 0 Å². The zero-order chi connectivity index (χ0) is 14.5. The van der Waals surface area contributed by atoms with E-state index in [9.17, 15) is 9.59 Å². The topological polar surface area (TPSA) is 117 Å². The van der Waals surface area contributed by atoms with Gasteiger partial charge in [-0.2, -0.15) is 5.10 Å². The molecule has 0 radical (unpaired) electrons. The number of aromatic amines is 1. The minimum absolute atomic E-state index is 0.136. The predicted molar refractivity (Wildman–Crippen MR) is 67.1 cm³/mol. The third kappa shape index (κ3) is 3.04. The van der Waals surface area contributed by atoms with E-state index in [1.54, 1.807) is 12.1 Å². The molecular formula is C12H13N3O5. The third-order valence-corrected chi connectivity index (χ3v) is 2.61. The number of hydrogen-bond donors (Lipinski definition) is 3. The molecule has 0 fully saturated rings. The number of ether oxygens (including phenoxy) is 1. The van der Waals surface area contributed by atoms with Crippen LogP contribution in [0, 0.1) is 0 Å². The highest BCUT2D eigenvalue weighted by molar-refractivity contribution is 5.93. The second-order valence-electron chi connectivity index (χ2n) is 3.92. The second kappa shape index (κ2) is 6.02. The summed E-state index contributed by atoms with van der Waals surface area (Å²) in [4.78, 5) is 22.5. The van der Waals surface area contributed by atoms with Crippen LogP contribution < -0.4 is 5.32 Å². The van der Waals surface area contributed by atoms with Crippen LogP contribution in [0.5, 0.6) is 0 Å². The standard InChI is InChI=1S/C12H13N3O5/c1-19-10(12(17)18)6-13-11(16)8-5-7(14-15-8)9-3-2-4-20-9/h2-5,10H,6H2,1H3,(H,13,16)(H,14,15)(H,17,18). The van der Waals surface area contributed by atoms with Crippen LogP contribution in [0.1, 0.15) is 10.5 Å². The van der Waals surface area contributed by atoms with Crippen molar-refractivity contribution < 1.29 is 23.8 Å². The summed E-state index contributed by atoms with van der Waals surface area (Å²) >= 11 is 0. The van der Waals surface area contributed by atoms with Crippen molar-refractivity contribution in [2.24, 2.45) is 0 Å². The summed E-state index contributed by atoms with van der Waals surface area (Å²) in [6.07, 6.45) is 0.411. The van der Waals surface area contributed by atoms with Crippen LogP contribution in [0.3, 0.4) is 0 Å². The van der Waals surface area contributed by atoms with E-state index in [1.165, 1.54) is 19.4 Å². The Bertz CT molecular complexity index is 590. The fraction of sp³-hybridized carbons (Fsp3) is 0.250. The van der Waals surface area contributed by atoms with E-state index in [-0.39, 0.29) is 12.2 Å². The van der Waals surface area contributed by atoms with E-state index < -0.39 is 18.0 Å². The lowest BCUT2D eigenvalue weighted by Gasteiger charge is -2.10. The van der Waals surface area contributed by atoms with E-state index in [4.69, 9.17) is 14.3 Å². The number of hydrogen-bond acceptors (Lipinski definition) is 5. The summed E-state index contributed by atoms with van der Waals surface area (Å²) in [7, 11) is 1.26. The molecular weight excluding hydrogens is 266 g/mol. The van der Waals surface area contributed by atoms with Gasteiger partial charge >= 0.3 is 5.97 Å².